The molecule has 1 atom stereocenters. The maximum atomic E-state index is 13.6. The van der Waals surface area contributed by atoms with Gasteiger partial charge in [0.25, 0.3) is 0 Å². The van der Waals surface area contributed by atoms with Crippen molar-refractivity contribution in [1.82, 2.24) is 5.32 Å². The van der Waals surface area contributed by atoms with Crippen LogP contribution in [-0.2, 0) is 4.79 Å². The molecule has 0 fully saturated rings. The number of aliphatic carboxylic acids is 1. The summed E-state index contributed by atoms with van der Waals surface area (Å²) in [4.78, 5) is 22.0. The van der Waals surface area contributed by atoms with Crippen LogP contribution >= 0.6 is 11.6 Å². The molecule has 0 bridgehead atoms. The van der Waals surface area contributed by atoms with Crippen molar-refractivity contribution in [2.24, 2.45) is 5.92 Å². The van der Waals surface area contributed by atoms with Gasteiger partial charge >= 0.3 is 12.0 Å². The highest BCUT2D eigenvalue weighted by Gasteiger charge is 2.10. The smallest absolute Gasteiger partial charge is 0.319 e. The van der Waals surface area contributed by atoms with Crippen LogP contribution in [0.25, 0.3) is 0 Å². The predicted octanol–water partition coefficient (Wildman–Crippen LogP) is 3.49. The molecular formula is C14H18ClFN2O3. The molecular weight excluding hydrogens is 299 g/mol. The molecule has 0 radical (unpaired) electrons. The largest absolute Gasteiger partial charge is 0.481 e. The van der Waals surface area contributed by atoms with Gasteiger partial charge in [-0.25, -0.2) is 9.18 Å². The fraction of sp³-hybridized carbons (Fsp3) is 0.429. The quantitative estimate of drug-likeness (QED) is 0.720. The van der Waals surface area contributed by atoms with Gasteiger partial charge in [0.1, 0.15) is 0 Å². The molecule has 7 heteroatoms. The van der Waals surface area contributed by atoms with Crippen LogP contribution in [0, 0.1) is 11.7 Å². The van der Waals surface area contributed by atoms with E-state index in [0.29, 0.717) is 19.4 Å². The first-order valence-corrected chi connectivity index (χ1v) is 6.98. The van der Waals surface area contributed by atoms with Crippen LogP contribution in [0.3, 0.4) is 0 Å². The van der Waals surface area contributed by atoms with Crippen molar-refractivity contribution in [3.63, 3.8) is 0 Å². The summed E-state index contributed by atoms with van der Waals surface area (Å²) >= 11 is 5.61. The Kier molecular flexibility index (Phi) is 6.94. The van der Waals surface area contributed by atoms with Gasteiger partial charge < -0.3 is 15.7 Å². The topological polar surface area (TPSA) is 78.4 Å². The van der Waals surface area contributed by atoms with E-state index in [9.17, 15) is 14.0 Å². The number of carbonyl (C=O) groups is 2. The van der Waals surface area contributed by atoms with E-state index in [1.807, 2.05) is 6.92 Å². The van der Waals surface area contributed by atoms with Crippen molar-refractivity contribution in [3.8, 4) is 0 Å². The molecule has 2 amide bonds. The van der Waals surface area contributed by atoms with E-state index in [0.717, 1.165) is 0 Å². The molecule has 5 nitrogen and oxygen atoms in total. The lowest BCUT2D eigenvalue weighted by atomic mass is 10.0. The number of rotatable bonds is 7. The number of carboxylic acid groups (broad SMARTS) is 1. The third-order valence-corrected chi connectivity index (χ3v) is 3.27. The minimum absolute atomic E-state index is 0.0129. The van der Waals surface area contributed by atoms with Crippen molar-refractivity contribution in [3.05, 3.63) is 29.0 Å². The van der Waals surface area contributed by atoms with Crippen LogP contribution < -0.4 is 10.6 Å². The SMILES string of the molecule is CC(CCNC(=O)Nc1cccc(Cl)c1F)CCC(=O)O. The van der Waals surface area contributed by atoms with Crippen LogP contribution in [-0.4, -0.2) is 23.7 Å². The first-order chi connectivity index (χ1) is 9.90. The predicted molar refractivity (Wildman–Crippen MR) is 79.1 cm³/mol. The van der Waals surface area contributed by atoms with Crippen molar-refractivity contribution in [1.29, 1.82) is 0 Å². The van der Waals surface area contributed by atoms with E-state index in [1.54, 1.807) is 0 Å². The summed E-state index contributed by atoms with van der Waals surface area (Å²) in [5.74, 6) is -1.32. The second-order valence-corrected chi connectivity index (χ2v) is 5.22. The van der Waals surface area contributed by atoms with E-state index in [1.165, 1.54) is 18.2 Å². The molecule has 1 unspecified atom stereocenters. The lowest BCUT2D eigenvalue weighted by Crippen LogP contribution is -2.30. The number of urea groups is 1. The maximum absolute atomic E-state index is 13.6. The number of benzene rings is 1. The van der Waals surface area contributed by atoms with Gasteiger partial charge in [-0.05, 0) is 30.9 Å². The Bertz CT molecular complexity index is 511. The first-order valence-electron chi connectivity index (χ1n) is 6.60. The summed E-state index contributed by atoms with van der Waals surface area (Å²) < 4.78 is 13.6. The molecule has 1 aromatic rings. The molecule has 3 N–H and O–H groups in total. The number of hydrogen-bond donors (Lipinski definition) is 3. The number of hydrogen-bond acceptors (Lipinski definition) is 2. The molecule has 0 aliphatic heterocycles. The lowest BCUT2D eigenvalue weighted by Gasteiger charge is -2.12. The highest BCUT2D eigenvalue weighted by molar-refractivity contribution is 6.31. The van der Waals surface area contributed by atoms with Crippen molar-refractivity contribution >= 4 is 29.3 Å². The van der Waals surface area contributed by atoms with Gasteiger partial charge in [-0.3, -0.25) is 4.79 Å². The fourth-order valence-electron chi connectivity index (χ4n) is 1.71. The third kappa shape index (κ3) is 6.44. The van der Waals surface area contributed by atoms with Crippen molar-refractivity contribution < 1.29 is 19.1 Å². The van der Waals surface area contributed by atoms with Gasteiger partial charge in [-0.2, -0.15) is 0 Å². The monoisotopic (exact) mass is 316 g/mol. The Morgan fingerprint density at radius 2 is 2.10 bits per heavy atom. The summed E-state index contributed by atoms with van der Waals surface area (Å²) in [5, 5.41) is 13.5. The van der Waals surface area contributed by atoms with Gasteiger partial charge in [-0.15, -0.1) is 0 Å². The first kappa shape index (κ1) is 17.2. The minimum Gasteiger partial charge on any atom is -0.481 e. The Balaban J connectivity index is 2.31. The number of amides is 2. The molecule has 0 aliphatic carbocycles. The molecule has 0 heterocycles. The van der Waals surface area contributed by atoms with Crippen LogP contribution in [0.4, 0.5) is 14.9 Å². The lowest BCUT2D eigenvalue weighted by molar-refractivity contribution is -0.137. The molecule has 21 heavy (non-hydrogen) atoms. The Morgan fingerprint density at radius 3 is 2.76 bits per heavy atom. The van der Waals surface area contributed by atoms with E-state index in [-0.39, 0.29) is 23.0 Å². The van der Waals surface area contributed by atoms with Gasteiger partial charge in [0.15, 0.2) is 5.82 Å². The summed E-state index contributed by atoms with van der Waals surface area (Å²) in [6.45, 7) is 2.30. The maximum Gasteiger partial charge on any atom is 0.319 e. The van der Waals surface area contributed by atoms with E-state index < -0.39 is 17.8 Å². The number of carbonyl (C=O) groups excluding carboxylic acids is 1. The van der Waals surface area contributed by atoms with Crippen LogP contribution in [0.1, 0.15) is 26.2 Å². The average Bonchev–Trinajstić information content (AvgIpc) is 2.41. The van der Waals surface area contributed by atoms with Crippen molar-refractivity contribution in [2.75, 3.05) is 11.9 Å². The van der Waals surface area contributed by atoms with Crippen LogP contribution in [0.15, 0.2) is 18.2 Å². The molecule has 0 spiro atoms. The molecule has 1 aromatic carbocycles. The molecule has 1 rings (SSSR count). The highest BCUT2D eigenvalue weighted by atomic mass is 35.5. The number of anilines is 1. The zero-order valence-electron chi connectivity index (χ0n) is 11.7. The second-order valence-electron chi connectivity index (χ2n) is 4.81. The number of halogens is 2. The Labute approximate surface area is 127 Å². The average molecular weight is 317 g/mol. The van der Waals surface area contributed by atoms with Gasteiger partial charge in [0, 0.05) is 13.0 Å². The third-order valence-electron chi connectivity index (χ3n) is 2.97. The summed E-state index contributed by atoms with van der Waals surface area (Å²) in [5.41, 5.74) is 0.0129. The standard InChI is InChI=1S/C14H18ClFN2O3/c1-9(5-6-12(19)20)7-8-17-14(21)18-11-4-2-3-10(15)13(11)16/h2-4,9H,5-8H2,1H3,(H,19,20)(H2,17,18,21). The second kappa shape index (κ2) is 8.46. The normalized spacial score (nSPS) is 11.8. The number of carboxylic acids is 1. The molecule has 0 aliphatic rings. The van der Waals surface area contributed by atoms with Crippen LogP contribution in [0.5, 0.6) is 0 Å². The van der Waals surface area contributed by atoms with E-state index in [4.69, 9.17) is 16.7 Å². The fourth-order valence-corrected chi connectivity index (χ4v) is 1.89. The van der Waals surface area contributed by atoms with E-state index in [2.05, 4.69) is 10.6 Å². The summed E-state index contributed by atoms with van der Waals surface area (Å²) in [7, 11) is 0. The van der Waals surface area contributed by atoms with Crippen molar-refractivity contribution in [2.45, 2.75) is 26.2 Å². The minimum atomic E-state index is -0.830. The number of nitrogens with one attached hydrogen (secondary N) is 2. The molecule has 0 aromatic heterocycles. The summed E-state index contributed by atoms with van der Waals surface area (Å²) in [6, 6.07) is 3.82. The Morgan fingerprint density at radius 1 is 1.38 bits per heavy atom. The van der Waals surface area contributed by atoms with Crippen LogP contribution in [0.2, 0.25) is 5.02 Å². The highest BCUT2D eigenvalue weighted by Crippen LogP contribution is 2.21. The van der Waals surface area contributed by atoms with Gasteiger partial charge in [0.05, 0.1) is 10.7 Å². The summed E-state index contributed by atoms with van der Waals surface area (Å²) in [6.07, 6.45) is 1.32. The van der Waals surface area contributed by atoms with Gasteiger partial charge in [0.2, 0.25) is 0 Å². The van der Waals surface area contributed by atoms with E-state index >= 15 is 0 Å². The molecule has 0 saturated carbocycles. The molecule has 0 saturated heterocycles. The Hall–Kier alpha value is -1.82. The van der Waals surface area contributed by atoms with Gasteiger partial charge in [-0.1, -0.05) is 24.6 Å². The zero-order valence-corrected chi connectivity index (χ0v) is 12.4. The zero-order chi connectivity index (χ0) is 15.8. The molecule has 116 valence electrons.